The number of hydrogen-bond acceptors (Lipinski definition) is 5. The second-order valence-electron chi connectivity index (χ2n) is 7.11. The number of carbonyl (C=O) groups is 1. The SMILES string of the molecule is Cc1noc(C)c1CCC(=O)N1CCCC(n2nnc3cc(F)ccc32)C1. The number of piperidine rings is 1. The molecule has 2 aromatic heterocycles. The van der Waals surface area contributed by atoms with Gasteiger partial charge in [0, 0.05) is 31.1 Å². The van der Waals surface area contributed by atoms with Gasteiger partial charge in [0.1, 0.15) is 17.1 Å². The molecule has 0 aliphatic carbocycles. The standard InChI is InChI=1S/C19H22FN5O2/c1-12-16(13(2)27-22-12)6-8-19(26)24-9-3-4-15(11-24)25-18-7-5-14(20)10-17(18)21-23-25/h5,7,10,15H,3-4,6,8-9,11H2,1-2H3. The van der Waals surface area contributed by atoms with Crippen molar-refractivity contribution in [3.05, 3.63) is 41.0 Å². The van der Waals surface area contributed by atoms with Gasteiger partial charge in [-0.25, -0.2) is 9.07 Å². The fourth-order valence-corrected chi connectivity index (χ4v) is 3.81. The van der Waals surface area contributed by atoms with Crippen LogP contribution in [0.2, 0.25) is 0 Å². The highest BCUT2D eigenvalue weighted by molar-refractivity contribution is 5.77. The first kappa shape index (κ1) is 17.6. The van der Waals surface area contributed by atoms with Crippen molar-refractivity contribution in [2.24, 2.45) is 0 Å². The number of halogens is 1. The van der Waals surface area contributed by atoms with Gasteiger partial charge in [-0.05, 0) is 45.2 Å². The fourth-order valence-electron chi connectivity index (χ4n) is 3.81. The minimum absolute atomic E-state index is 0.0530. The van der Waals surface area contributed by atoms with Gasteiger partial charge in [-0.15, -0.1) is 5.10 Å². The van der Waals surface area contributed by atoms with Crippen LogP contribution in [0.4, 0.5) is 4.39 Å². The lowest BCUT2D eigenvalue weighted by Crippen LogP contribution is -2.41. The number of rotatable bonds is 4. The van der Waals surface area contributed by atoms with E-state index in [-0.39, 0.29) is 17.8 Å². The van der Waals surface area contributed by atoms with Crippen molar-refractivity contribution in [3.63, 3.8) is 0 Å². The van der Waals surface area contributed by atoms with Crippen LogP contribution in [0.15, 0.2) is 22.7 Å². The van der Waals surface area contributed by atoms with Crippen LogP contribution in [0.25, 0.3) is 11.0 Å². The first-order chi connectivity index (χ1) is 13.0. The van der Waals surface area contributed by atoms with Crippen molar-refractivity contribution in [2.45, 2.75) is 45.6 Å². The van der Waals surface area contributed by atoms with Gasteiger partial charge < -0.3 is 9.42 Å². The lowest BCUT2D eigenvalue weighted by molar-refractivity contribution is -0.132. The summed E-state index contributed by atoms with van der Waals surface area (Å²) >= 11 is 0. The van der Waals surface area contributed by atoms with Crippen LogP contribution in [-0.4, -0.2) is 44.0 Å². The van der Waals surface area contributed by atoms with Gasteiger partial charge in [-0.3, -0.25) is 4.79 Å². The van der Waals surface area contributed by atoms with E-state index in [0.717, 1.165) is 41.9 Å². The maximum Gasteiger partial charge on any atom is 0.222 e. The maximum atomic E-state index is 13.4. The highest BCUT2D eigenvalue weighted by Gasteiger charge is 2.27. The van der Waals surface area contributed by atoms with Gasteiger partial charge in [0.15, 0.2) is 0 Å². The molecule has 0 bridgehead atoms. The Hall–Kier alpha value is -2.77. The molecule has 1 aliphatic rings. The minimum atomic E-state index is -0.325. The second-order valence-corrected chi connectivity index (χ2v) is 7.11. The van der Waals surface area contributed by atoms with Crippen molar-refractivity contribution in [2.75, 3.05) is 13.1 Å². The quantitative estimate of drug-likeness (QED) is 0.705. The topological polar surface area (TPSA) is 77.0 Å². The summed E-state index contributed by atoms with van der Waals surface area (Å²) in [7, 11) is 0. The van der Waals surface area contributed by atoms with Crippen molar-refractivity contribution in [1.82, 2.24) is 25.1 Å². The summed E-state index contributed by atoms with van der Waals surface area (Å²) in [6.07, 6.45) is 2.89. The average molecular weight is 371 g/mol. The first-order valence-corrected chi connectivity index (χ1v) is 9.23. The second kappa shape index (κ2) is 7.09. The molecule has 7 nitrogen and oxygen atoms in total. The Balaban J connectivity index is 1.45. The number of nitrogens with zero attached hydrogens (tertiary/aromatic N) is 5. The predicted molar refractivity (Wildman–Crippen MR) is 96.6 cm³/mol. The number of hydrogen-bond donors (Lipinski definition) is 0. The highest BCUT2D eigenvalue weighted by atomic mass is 19.1. The molecule has 0 radical (unpaired) electrons. The molecule has 0 spiro atoms. The molecular weight excluding hydrogens is 349 g/mol. The van der Waals surface area contributed by atoms with Gasteiger partial charge in [0.25, 0.3) is 0 Å². The van der Waals surface area contributed by atoms with E-state index in [2.05, 4.69) is 15.5 Å². The fraction of sp³-hybridized carbons (Fsp3) is 0.474. The molecule has 4 rings (SSSR count). The highest BCUT2D eigenvalue weighted by Crippen LogP contribution is 2.25. The van der Waals surface area contributed by atoms with Gasteiger partial charge >= 0.3 is 0 Å². The molecule has 1 amide bonds. The molecule has 1 unspecified atom stereocenters. The summed E-state index contributed by atoms with van der Waals surface area (Å²) in [4.78, 5) is 14.6. The molecule has 1 aliphatic heterocycles. The normalized spacial score (nSPS) is 17.6. The number of aromatic nitrogens is 4. The van der Waals surface area contributed by atoms with Gasteiger partial charge in [0.05, 0.1) is 17.3 Å². The number of aryl methyl sites for hydroxylation is 2. The maximum absolute atomic E-state index is 13.4. The third-order valence-electron chi connectivity index (χ3n) is 5.30. The Morgan fingerprint density at radius 2 is 2.22 bits per heavy atom. The third kappa shape index (κ3) is 3.43. The third-order valence-corrected chi connectivity index (χ3v) is 5.30. The molecule has 27 heavy (non-hydrogen) atoms. The van der Waals surface area contributed by atoms with Gasteiger partial charge in [-0.2, -0.15) is 0 Å². The first-order valence-electron chi connectivity index (χ1n) is 9.23. The molecule has 1 saturated heterocycles. The number of likely N-dealkylation sites (tertiary alicyclic amines) is 1. The summed E-state index contributed by atoms with van der Waals surface area (Å²) < 4.78 is 20.4. The summed E-state index contributed by atoms with van der Waals surface area (Å²) in [6.45, 7) is 5.11. The Kier molecular flexibility index (Phi) is 4.63. The van der Waals surface area contributed by atoms with Crippen molar-refractivity contribution < 1.29 is 13.7 Å². The molecule has 8 heteroatoms. The molecule has 0 N–H and O–H groups in total. The number of carbonyl (C=O) groups excluding carboxylic acids is 1. The zero-order valence-corrected chi connectivity index (χ0v) is 15.5. The van der Waals surface area contributed by atoms with E-state index in [1.54, 1.807) is 6.07 Å². The van der Waals surface area contributed by atoms with Crippen LogP contribution in [-0.2, 0) is 11.2 Å². The summed E-state index contributed by atoms with van der Waals surface area (Å²) in [5.41, 5.74) is 3.20. The Morgan fingerprint density at radius 3 is 3.00 bits per heavy atom. The summed E-state index contributed by atoms with van der Waals surface area (Å²) in [5.74, 6) is 0.572. The molecule has 3 aromatic rings. The smallest absolute Gasteiger partial charge is 0.222 e. The van der Waals surface area contributed by atoms with Gasteiger partial charge in [0.2, 0.25) is 5.91 Å². The van der Waals surface area contributed by atoms with Crippen molar-refractivity contribution in [3.8, 4) is 0 Å². The van der Waals surface area contributed by atoms with Crippen LogP contribution in [0, 0.1) is 19.7 Å². The minimum Gasteiger partial charge on any atom is -0.361 e. The predicted octanol–water partition coefficient (Wildman–Crippen LogP) is 2.97. The van der Waals surface area contributed by atoms with Crippen molar-refractivity contribution >= 4 is 16.9 Å². The molecular formula is C19H22FN5O2. The van der Waals surface area contributed by atoms with Crippen LogP contribution >= 0.6 is 0 Å². The van der Waals surface area contributed by atoms with Crippen LogP contribution in [0.1, 0.15) is 42.3 Å². The molecule has 0 saturated carbocycles. The number of amides is 1. The molecule has 142 valence electrons. The van der Waals surface area contributed by atoms with Crippen LogP contribution in [0.3, 0.4) is 0 Å². The van der Waals surface area contributed by atoms with E-state index < -0.39 is 0 Å². The molecule has 1 aromatic carbocycles. The van der Waals surface area contributed by atoms with E-state index in [4.69, 9.17) is 4.52 Å². The van der Waals surface area contributed by atoms with Crippen LogP contribution < -0.4 is 0 Å². The van der Waals surface area contributed by atoms with E-state index in [9.17, 15) is 9.18 Å². The Labute approximate surface area is 156 Å². The van der Waals surface area contributed by atoms with Crippen LogP contribution in [0.5, 0.6) is 0 Å². The average Bonchev–Trinajstić information content (AvgIpc) is 3.22. The molecule has 1 fully saturated rings. The number of fused-ring (bicyclic) bond motifs is 1. The zero-order chi connectivity index (χ0) is 19.0. The number of benzene rings is 1. The van der Waals surface area contributed by atoms with E-state index in [1.165, 1.54) is 12.1 Å². The van der Waals surface area contributed by atoms with E-state index in [0.29, 0.717) is 24.9 Å². The largest absolute Gasteiger partial charge is 0.361 e. The lowest BCUT2D eigenvalue weighted by Gasteiger charge is -2.33. The molecule has 3 heterocycles. The van der Waals surface area contributed by atoms with Crippen molar-refractivity contribution in [1.29, 1.82) is 0 Å². The van der Waals surface area contributed by atoms with Gasteiger partial charge in [-0.1, -0.05) is 10.4 Å². The Bertz CT molecular complexity index is 960. The zero-order valence-electron chi connectivity index (χ0n) is 15.5. The van der Waals surface area contributed by atoms with E-state index in [1.807, 2.05) is 23.4 Å². The molecule has 1 atom stereocenters. The lowest BCUT2D eigenvalue weighted by atomic mass is 10.0. The monoisotopic (exact) mass is 371 g/mol. The summed E-state index contributed by atoms with van der Waals surface area (Å²) in [5, 5.41) is 12.2. The van der Waals surface area contributed by atoms with E-state index >= 15 is 0 Å². The Morgan fingerprint density at radius 1 is 1.37 bits per heavy atom. The summed E-state index contributed by atoms with van der Waals surface area (Å²) in [6, 6.07) is 4.55.